The SMILES string of the molecule is Cc1nc2cc(NC(C)c3ccc(F)c(F)c3)ccc2o1. The van der Waals surface area contributed by atoms with E-state index >= 15 is 0 Å². The van der Waals surface area contributed by atoms with E-state index in [1.54, 1.807) is 13.0 Å². The van der Waals surface area contributed by atoms with Crippen molar-refractivity contribution in [2.75, 3.05) is 5.32 Å². The Balaban J connectivity index is 1.84. The standard InChI is InChI=1S/C16H14F2N2O/c1-9(11-3-5-13(17)14(18)7-11)19-12-4-6-16-15(8-12)20-10(2)21-16/h3-9,19H,1-2H3. The molecule has 0 radical (unpaired) electrons. The monoisotopic (exact) mass is 288 g/mol. The predicted molar refractivity (Wildman–Crippen MR) is 77.1 cm³/mol. The van der Waals surface area contributed by atoms with E-state index in [9.17, 15) is 8.78 Å². The van der Waals surface area contributed by atoms with Crippen molar-refractivity contribution in [1.29, 1.82) is 0 Å². The Morgan fingerprint density at radius 3 is 2.67 bits per heavy atom. The van der Waals surface area contributed by atoms with E-state index < -0.39 is 11.6 Å². The molecule has 3 nitrogen and oxygen atoms in total. The highest BCUT2D eigenvalue weighted by Crippen LogP contribution is 2.24. The number of aromatic nitrogens is 1. The number of anilines is 1. The summed E-state index contributed by atoms with van der Waals surface area (Å²) in [4.78, 5) is 4.26. The van der Waals surface area contributed by atoms with Crippen LogP contribution in [0.25, 0.3) is 11.1 Å². The maximum absolute atomic E-state index is 13.3. The fourth-order valence-corrected chi connectivity index (χ4v) is 2.25. The number of nitrogens with one attached hydrogen (secondary N) is 1. The molecule has 3 aromatic rings. The first-order valence-electron chi connectivity index (χ1n) is 6.61. The lowest BCUT2D eigenvalue weighted by Crippen LogP contribution is -2.07. The number of oxazole rings is 1. The van der Waals surface area contributed by atoms with Gasteiger partial charge in [-0.2, -0.15) is 0 Å². The normalized spacial score (nSPS) is 12.6. The molecule has 0 saturated carbocycles. The van der Waals surface area contributed by atoms with E-state index in [4.69, 9.17) is 4.42 Å². The van der Waals surface area contributed by atoms with Gasteiger partial charge in [-0.3, -0.25) is 0 Å². The van der Waals surface area contributed by atoms with E-state index in [1.165, 1.54) is 6.07 Å². The topological polar surface area (TPSA) is 38.1 Å². The average molecular weight is 288 g/mol. The summed E-state index contributed by atoms with van der Waals surface area (Å²) in [5, 5.41) is 3.24. The number of halogens is 2. The van der Waals surface area contributed by atoms with Crippen molar-refractivity contribution in [2.24, 2.45) is 0 Å². The Hall–Kier alpha value is -2.43. The third-order valence-electron chi connectivity index (χ3n) is 3.32. The molecular weight excluding hydrogens is 274 g/mol. The van der Waals surface area contributed by atoms with Crippen LogP contribution in [0.15, 0.2) is 40.8 Å². The zero-order valence-electron chi connectivity index (χ0n) is 11.7. The average Bonchev–Trinajstić information content (AvgIpc) is 2.81. The largest absolute Gasteiger partial charge is 0.441 e. The molecule has 3 rings (SSSR count). The molecule has 0 aliphatic heterocycles. The first-order valence-corrected chi connectivity index (χ1v) is 6.61. The van der Waals surface area contributed by atoms with E-state index in [-0.39, 0.29) is 6.04 Å². The van der Waals surface area contributed by atoms with Gasteiger partial charge in [-0.15, -0.1) is 0 Å². The summed E-state index contributed by atoms with van der Waals surface area (Å²) >= 11 is 0. The fraction of sp³-hybridized carbons (Fsp3) is 0.188. The Labute approximate surface area is 120 Å². The molecule has 1 heterocycles. The number of aryl methyl sites for hydroxylation is 1. The van der Waals surface area contributed by atoms with Crippen LogP contribution < -0.4 is 5.32 Å². The van der Waals surface area contributed by atoms with E-state index in [0.29, 0.717) is 11.5 Å². The highest BCUT2D eigenvalue weighted by molar-refractivity contribution is 5.77. The summed E-state index contributed by atoms with van der Waals surface area (Å²) in [6.45, 7) is 3.67. The second kappa shape index (κ2) is 5.16. The van der Waals surface area contributed by atoms with E-state index in [2.05, 4.69) is 10.3 Å². The van der Waals surface area contributed by atoms with E-state index in [1.807, 2.05) is 25.1 Å². The van der Waals surface area contributed by atoms with Crippen LogP contribution >= 0.6 is 0 Å². The molecular formula is C16H14F2N2O. The van der Waals surface area contributed by atoms with Gasteiger partial charge in [0.25, 0.3) is 0 Å². The van der Waals surface area contributed by atoms with Gasteiger partial charge in [0.05, 0.1) is 0 Å². The van der Waals surface area contributed by atoms with E-state index in [0.717, 1.165) is 22.9 Å². The molecule has 2 aromatic carbocycles. The van der Waals surface area contributed by atoms with Gasteiger partial charge in [0.2, 0.25) is 0 Å². The number of rotatable bonds is 3. The first kappa shape index (κ1) is 13.5. The third kappa shape index (κ3) is 2.72. The van der Waals surface area contributed by atoms with Crippen molar-refractivity contribution >= 4 is 16.8 Å². The zero-order chi connectivity index (χ0) is 15.0. The number of fused-ring (bicyclic) bond motifs is 1. The van der Waals surface area contributed by atoms with Gasteiger partial charge in [0.1, 0.15) is 5.52 Å². The predicted octanol–water partition coefficient (Wildman–Crippen LogP) is 4.59. The molecule has 1 unspecified atom stereocenters. The van der Waals surface area contributed by atoms with Gasteiger partial charge >= 0.3 is 0 Å². The highest BCUT2D eigenvalue weighted by atomic mass is 19.2. The maximum atomic E-state index is 13.3. The Bertz CT molecular complexity index is 798. The van der Waals surface area contributed by atoms with Gasteiger partial charge in [-0.1, -0.05) is 6.07 Å². The van der Waals surface area contributed by atoms with Crippen LogP contribution in [0.3, 0.4) is 0 Å². The summed E-state index contributed by atoms with van der Waals surface area (Å²) < 4.78 is 31.6. The summed E-state index contributed by atoms with van der Waals surface area (Å²) in [6.07, 6.45) is 0. The molecule has 0 aliphatic carbocycles. The van der Waals surface area contributed by atoms with Crippen molar-refractivity contribution in [3.05, 3.63) is 59.5 Å². The van der Waals surface area contributed by atoms with Crippen LogP contribution in [0.4, 0.5) is 14.5 Å². The minimum atomic E-state index is -0.844. The molecule has 0 bridgehead atoms. The lowest BCUT2D eigenvalue weighted by molar-refractivity contribution is 0.506. The quantitative estimate of drug-likeness (QED) is 0.766. The number of benzene rings is 2. The van der Waals surface area contributed by atoms with Crippen molar-refractivity contribution in [3.63, 3.8) is 0 Å². The molecule has 0 aliphatic rings. The molecule has 1 N–H and O–H groups in total. The molecule has 1 aromatic heterocycles. The van der Waals surface area contributed by atoms with Gasteiger partial charge < -0.3 is 9.73 Å². The van der Waals surface area contributed by atoms with Gasteiger partial charge in [0, 0.05) is 18.7 Å². The lowest BCUT2D eigenvalue weighted by atomic mass is 10.1. The molecule has 0 fully saturated rings. The summed E-state index contributed by atoms with van der Waals surface area (Å²) in [5.41, 5.74) is 2.99. The van der Waals surface area contributed by atoms with Crippen LogP contribution in [-0.2, 0) is 0 Å². The number of hydrogen-bond donors (Lipinski definition) is 1. The van der Waals surface area contributed by atoms with Crippen LogP contribution in [-0.4, -0.2) is 4.98 Å². The summed E-state index contributed by atoms with van der Waals surface area (Å²) in [5.74, 6) is -1.08. The highest BCUT2D eigenvalue weighted by Gasteiger charge is 2.10. The summed E-state index contributed by atoms with van der Waals surface area (Å²) in [7, 11) is 0. The van der Waals surface area contributed by atoms with Crippen molar-refractivity contribution in [3.8, 4) is 0 Å². The van der Waals surface area contributed by atoms with Crippen molar-refractivity contribution < 1.29 is 13.2 Å². The Morgan fingerprint density at radius 1 is 1.10 bits per heavy atom. The molecule has 0 saturated heterocycles. The molecule has 1 atom stereocenters. The maximum Gasteiger partial charge on any atom is 0.192 e. The minimum Gasteiger partial charge on any atom is -0.441 e. The second-order valence-electron chi connectivity index (χ2n) is 4.95. The molecule has 0 spiro atoms. The van der Waals surface area contributed by atoms with Gasteiger partial charge in [0.15, 0.2) is 23.1 Å². The Kier molecular flexibility index (Phi) is 3.33. The van der Waals surface area contributed by atoms with Crippen LogP contribution in [0.1, 0.15) is 24.4 Å². The van der Waals surface area contributed by atoms with Crippen molar-refractivity contribution in [1.82, 2.24) is 4.98 Å². The van der Waals surface area contributed by atoms with Crippen LogP contribution in [0, 0.1) is 18.6 Å². The third-order valence-corrected chi connectivity index (χ3v) is 3.32. The van der Waals surface area contributed by atoms with Gasteiger partial charge in [-0.25, -0.2) is 13.8 Å². The Morgan fingerprint density at radius 2 is 1.90 bits per heavy atom. The van der Waals surface area contributed by atoms with Crippen LogP contribution in [0.5, 0.6) is 0 Å². The van der Waals surface area contributed by atoms with Crippen molar-refractivity contribution in [2.45, 2.75) is 19.9 Å². The second-order valence-corrected chi connectivity index (χ2v) is 4.95. The fourth-order valence-electron chi connectivity index (χ4n) is 2.25. The summed E-state index contributed by atoms with van der Waals surface area (Å²) in [6, 6.07) is 9.29. The van der Waals surface area contributed by atoms with Crippen LogP contribution in [0.2, 0.25) is 0 Å². The number of hydrogen-bond acceptors (Lipinski definition) is 3. The van der Waals surface area contributed by atoms with Gasteiger partial charge in [-0.05, 0) is 42.8 Å². The lowest BCUT2D eigenvalue weighted by Gasteiger charge is -2.15. The minimum absolute atomic E-state index is 0.162. The first-order chi connectivity index (χ1) is 10.0. The molecule has 108 valence electrons. The molecule has 21 heavy (non-hydrogen) atoms. The zero-order valence-corrected chi connectivity index (χ0v) is 11.7. The smallest absolute Gasteiger partial charge is 0.192 e. The number of nitrogens with zero attached hydrogens (tertiary/aromatic N) is 1. The molecule has 0 amide bonds. The molecule has 5 heteroatoms.